The van der Waals surface area contributed by atoms with E-state index in [9.17, 15) is 82.5 Å². The van der Waals surface area contributed by atoms with Gasteiger partial charge in [0.1, 0.15) is 160 Å². The van der Waals surface area contributed by atoms with Crippen LogP contribution < -0.4 is 14.6 Å². The average molecular weight is 1980 g/mol. The van der Waals surface area contributed by atoms with Crippen LogP contribution in [0.4, 0.5) is 61.5 Å². The van der Waals surface area contributed by atoms with E-state index in [2.05, 4.69) is 9.44 Å². The molecule has 1 aliphatic heterocycles. The summed E-state index contributed by atoms with van der Waals surface area (Å²) in [6.45, 7) is 1.33. The number of benzene rings is 15. The van der Waals surface area contributed by atoms with Gasteiger partial charge in [0.05, 0.1) is 0 Å². The number of halogens is 14. The number of piperidine rings is 1. The van der Waals surface area contributed by atoms with Gasteiger partial charge in [0.25, 0.3) is 0 Å². The van der Waals surface area contributed by atoms with Gasteiger partial charge in [0, 0.05) is 19.1 Å². The Kier molecular flexibility index (Phi) is 35.2. The van der Waals surface area contributed by atoms with Crippen molar-refractivity contribution < 1.29 is 82.5 Å². The van der Waals surface area contributed by atoms with Gasteiger partial charge in [-0.15, -0.1) is 0 Å². The fourth-order valence-electron chi connectivity index (χ4n) is 17.5. The van der Waals surface area contributed by atoms with Gasteiger partial charge in [-0.2, -0.15) is 0 Å². The summed E-state index contributed by atoms with van der Waals surface area (Å²) in [7, 11) is -3.67. The lowest BCUT2D eigenvalue weighted by Gasteiger charge is -2.40. The summed E-state index contributed by atoms with van der Waals surface area (Å²) in [6, 6.07) is 89.2. The minimum absolute atomic E-state index is 0.0790. The van der Waals surface area contributed by atoms with Crippen molar-refractivity contribution >= 4 is 54.9 Å². The molecule has 1 aliphatic carbocycles. The van der Waals surface area contributed by atoms with Crippen molar-refractivity contribution in [3.8, 4) is 0 Å². The Morgan fingerprint density at radius 1 is 0.254 bits per heavy atom. The molecule has 4 N–H and O–H groups in total. The molecular formula is C109H95F14N5O5S5. The molecule has 29 heteroatoms. The van der Waals surface area contributed by atoms with Crippen LogP contribution in [-0.2, 0) is 78.7 Å². The van der Waals surface area contributed by atoms with Gasteiger partial charge in [0.15, 0.2) is 0 Å². The predicted octanol–water partition coefficient (Wildman–Crippen LogP) is 24.3. The van der Waals surface area contributed by atoms with Crippen LogP contribution in [0.15, 0.2) is 370 Å². The zero-order valence-electron chi connectivity index (χ0n) is 74.7. The van der Waals surface area contributed by atoms with Crippen LogP contribution in [0.25, 0.3) is 0 Å². The predicted molar refractivity (Wildman–Crippen MR) is 519 cm³/mol. The molecule has 714 valence electrons. The maximum absolute atomic E-state index is 14.2. The van der Waals surface area contributed by atoms with Crippen molar-refractivity contribution in [1.29, 1.82) is 0 Å². The third-order valence-electron chi connectivity index (χ3n) is 24.0. The number of hydrogen-bond acceptors (Lipinski definition) is 5. The van der Waals surface area contributed by atoms with E-state index in [0.717, 1.165) is 56.9 Å². The Balaban J connectivity index is 0.000000146. The largest absolute Gasteiger partial charge is 0.250 e. The highest BCUT2D eigenvalue weighted by molar-refractivity contribution is 7.85. The normalized spacial score (nSPS) is 14.4. The van der Waals surface area contributed by atoms with Gasteiger partial charge in [-0.1, -0.05) is 226 Å². The van der Waals surface area contributed by atoms with E-state index in [4.69, 9.17) is 5.14 Å². The fourth-order valence-corrected chi connectivity index (χ4v) is 25.2. The second kappa shape index (κ2) is 47.0. The summed E-state index contributed by atoms with van der Waals surface area (Å²) >= 11 is 0. The Labute approximate surface area is 805 Å². The molecule has 15 aromatic rings. The van der Waals surface area contributed by atoms with Gasteiger partial charge >= 0.3 is 0 Å². The molecule has 15 aromatic carbocycles. The topological polar surface area (TPSA) is 142 Å². The van der Waals surface area contributed by atoms with Gasteiger partial charge in [0.2, 0.25) is 0 Å². The monoisotopic (exact) mass is 1980 g/mol. The summed E-state index contributed by atoms with van der Waals surface area (Å²) < 4.78 is 261. The summed E-state index contributed by atoms with van der Waals surface area (Å²) in [4.78, 5) is 0. The number of hydrogen-bond donors (Lipinski definition) is 3. The molecule has 1 saturated carbocycles. The van der Waals surface area contributed by atoms with Crippen molar-refractivity contribution in [3.05, 3.63) is 535 Å². The third kappa shape index (κ3) is 22.9. The second-order valence-electron chi connectivity index (χ2n) is 32.7. The number of nitrogens with one attached hydrogen (secondary N) is 2. The van der Waals surface area contributed by atoms with Crippen LogP contribution in [0.5, 0.6) is 0 Å². The Morgan fingerprint density at radius 3 is 0.652 bits per heavy atom. The molecule has 0 amide bonds. The van der Waals surface area contributed by atoms with Crippen LogP contribution >= 0.6 is 0 Å². The lowest BCUT2D eigenvalue weighted by atomic mass is 9.84. The molecule has 5 unspecified atom stereocenters. The van der Waals surface area contributed by atoms with E-state index < -0.39 is 148 Å². The van der Waals surface area contributed by atoms with Gasteiger partial charge in [-0.25, -0.2) is 101 Å². The molecule has 138 heavy (non-hydrogen) atoms. The highest BCUT2D eigenvalue weighted by Crippen LogP contribution is 2.49. The number of rotatable bonds is 25. The van der Waals surface area contributed by atoms with Crippen LogP contribution in [0, 0.1) is 81.4 Å². The third-order valence-corrected chi connectivity index (χ3v) is 32.7. The van der Waals surface area contributed by atoms with Crippen molar-refractivity contribution in [1.82, 2.24) is 18.1 Å². The Bertz CT molecular complexity index is 6130. The van der Waals surface area contributed by atoms with E-state index in [1.165, 1.54) is 211 Å². The summed E-state index contributed by atoms with van der Waals surface area (Å²) in [5, 5.41) is 5.87. The van der Waals surface area contributed by atoms with Crippen LogP contribution in [-0.4, -0.2) is 69.9 Å². The van der Waals surface area contributed by atoms with E-state index >= 15 is 0 Å². The van der Waals surface area contributed by atoms with E-state index in [1.54, 1.807) is 155 Å². The van der Waals surface area contributed by atoms with E-state index in [1.807, 2.05) is 34.6 Å². The number of nitrogens with two attached hydrogens (primary N) is 1. The fraction of sp³-hybridized carbons (Fsp3) is 0.174. The SMILES string of the molecule is CN(C)S(=O)C(c1ccc(F)cc1)(c1ccc(F)cc1)c1ccc(F)cc1.CNS(=O)C(c1ccccc1)(c1ccc(F)cc1)c1ccc(F)cc1.NS(=O)C(c1ccc(F)cc1)(c1ccc(F)cc1)c1ccc(F)cc1.O=S(N1CCCCC1)C(c1ccc(F)cc1)(c1ccc(F)cc1)c1ccc(F)cc1.O=S(NC1CCCCC1)C(c1ccc(F)cc1)(c1ccc(F)cc1)c1ccc(F)cc1. The zero-order chi connectivity index (χ0) is 98.5. The molecule has 2 aliphatic rings. The van der Waals surface area contributed by atoms with Gasteiger partial charge in [-0.05, 0) is 300 Å². The molecule has 2 fully saturated rings. The quantitative estimate of drug-likeness (QED) is 0.0386. The van der Waals surface area contributed by atoms with Gasteiger partial charge in [-0.3, -0.25) is 5.14 Å². The van der Waals surface area contributed by atoms with Crippen molar-refractivity contribution in [2.45, 2.75) is 81.1 Å². The number of nitrogens with zero attached hydrogens (tertiary/aromatic N) is 2. The molecule has 1 heterocycles. The first-order valence-electron chi connectivity index (χ1n) is 43.8. The highest BCUT2D eigenvalue weighted by Gasteiger charge is 2.50. The first-order chi connectivity index (χ1) is 66.4. The van der Waals surface area contributed by atoms with Crippen molar-refractivity contribution in [2.24, 2.45) is 5.14 Å². The molecule has 0 spiro atoms. The average Bonchev–Trinajstić information content (AvgIpc) is 0.746. The minimum Gasteiger partial charge on any atom is -0.250 e. The van der Waals surface area contributed by atoms with Gasteiger partial charge < -0.3 is 0 Å². The first-order valence-corrected chi connectivity index (χ1v) is 49.5. The molecular weight excluding hydrogens is 1890 g/mol. The molecule has 0 aromatic heterocycles. The molecule has 0 radical (unpaired) electrons. The molecule has 17 rings (SSSR count). The summed E-state index contributed by atoms with van der Waals surface area (Å²) in [5.41, 5.74) is 8.62. The van der Waals surface area contributed by atoms with E-state index in [0.29, 0.717) is 91.0 Å². The molecule has 1 saturated heterocycles. The second-order valence-corrected chi connectivity index (χ2v) is 40.3. The maximum atomic E-state index is 14.2. The maximum Gasteiger partial charge on any atom is 0.135 e. The highest BCUT2D eigenvalue weighted by atomic mass is 32.2. The summed E-state index contributed by atoms with van der Waals surface area (Å²) in [6.07, 6.45) is 8.04. The lowest BCUT2D eigenvalue weighted by Crippen LogP contribution is -2.45. The molecule has 10 nitrogen and oxygen atoms in total. The first kappa shape index (κ1) is 103. The molecule has 0 bridgehead atoms. The van der Waals surface area contributed by atoms with Crippen molar-refractivity contribution in [3.63, 3.8) is 0 Å². The smallest absolute Gasteiger partial charge is 0.135 e. The standard InChI is InChI=1S/C25H24F3NOS.C24H22F3NOS.C21H18F3NOS.C20H17F2NOS.C19H14F3NOS/c26-21-12-6-18(7-13-21)25(19-8-14-22(27)15-9-19,20-10-16-23(28)17-11-20)31(30)29-24-4-2-1-3-5-24;25-21-10-4-18(5-11-21)24(19-6-12-22(26)13-7-19,20-8-14-23(27)15-9-20)30(29)28-16-2-1-3-17-28;1-25(2)27(26)21(15-3-9-18(22)10-4-15,16-5-11-19(23)12-6-16)17-7-13-20(24)14-8-17;1-23-25(24)20(15-5-3-2-4-6-15,16-7-11-18(21)12-8-16)17-9-13-19(22)14-10-17;20-16-7-1-13(2-8-16)19(25(23)24,14-3-9-17(21)10-4-14)15-5-11-18(22)12-6-15/h6-17,24,29H,1-5H2;4-15H,1-3,16-17H2;3-14H,1-2H3;2-14,23H,1H3;1-12H,23H2. The van der Waals surface area contributed by atoms with E-state index in [-0.39, 0.29) is 17.7 Å². The molecule has 5 atom stereocenters. The van der Waals surface area contributed by atoms with Crippen molar-refractivity contribution in [2.75, 3.05) is 34.2 Å². The lowest BCUT2D eigenvalue weighted by molar-refractivity contribution is 0.360. The van der Waals surface area contributed by atoms with Crippen LogP contribution in [0.1, 0.15) is 135 Å². The Hall–Kier alpha value is -12.1. The zero-order valence-corrected chi connectivity index (χ0v) is 78.8. The minimum atomic E-state index is -2.00. The summed E-state index contributed by atoms with van der Waals surface area (Å²) in [5.74, 6) is -5.88. The Morgan fingerprint density at radius 2 is 0.442 bits per heavy atom. The van der Waals surface area contributed by atoms with Crippen LogP contribution in [0.2, 0.25) is 0 Å². The van der Waals surface area contributed by atoms with Crippen LogP contribution in [0.3, 0.4) is 0 Å².